The first-order valence-electron chi connectivity index (χ1n) is 4.76. The third-order valence-corrected chi connectivity index (χ3v) is 1.47. The van der Waals surface area contributed by atoms with Gasteiger partial charge in [-0.15, -0.1) is 0 Å². The van der Waals surface area contributed by atoms with Crippen molar-refractivity contribution in [1.29, 1.82) is 0 Å². The van der Waals surface area contributed by atoms with Crippen LogP contribution >= 0.6 is 0 Å². The molecule has 15 heavy (non-hydrogen) atoms. The van der Waals surface area contributed by atoms with Crippen molar-refractivity contribution in [2.75, 3.05) is 13.1 Å². The van der Waals surface area contributed by atoms with Crippen LogP contribution in [0.25, 0.3) is 0 Å². The van der Waals surface area contributed by atoms with Gasteiger partial charge in [-0.2, -0.15) is 12.3 Å². The van der Waals surface area contributed by atoms with Crippen LogP contribution in [0.15, 0.2) is 0 Å². The van der Waals surface area contributed by atoms with E-state index in [1.807, 2.05) is 0 Å². The number of rotatable bonds is 7. The molecule has 2 radical (unpaired) electrons. The first-order valence-corrected chi connectivity index (χ1v) is 4.76. The number of unbranched alkanes of at least 4 members (excludes halogenated alkanes) is 1. The van der Waals surface area contributed by atoms with Crippen molar-refractivity contribution in [3.8, 4) is 0 Å². The third kappa shape index (κ3) is 20.6. The number of carbonyl (C=O) groups excluding carboxylic acids is 1. The molecule has 0 fully saturated rings. The SMILES string of the molecule is [CH2-]CCN.[NH]N[C@H]([C-]=O)CCCCN.[Y]. The average molecular weight is 290 g/mol. The fourth-order valence-electron chi connectivity index (χ4n) is 0.653. The number of hydrogen-bond donors (Lipinski definition) is 3. The Bertz CT molecular complexity index is 114. The molecule has 0 aliphatic heterocycles. The summed E-state index contributed by atoms with van der Waals surface area (Å²) in [6, 6.07) is -0.438. The van der Waals surface area contributed by atoms with Gasteiger partial charge in [-0.3, -0.25) is 5.43 Å². The number of nitrogens with one attached hydrogen (secondary N) is 2. The molecule has 0 aliphatic rings. The van der Waals surface area contributed by atoms with Crippen LogP contribution in [0, 0.1) is 6.92 Å². The summed E-state index contributed by atoms with van der Waals surface area (Å²) >= 11 is 0. The molecule has 6 heteroatoms. The Morgan fingerprint density at radius 2 is 1.87 bits per heavy atom. The molecule has 0 saturated carbocycles. The Hall–Kier alpha value is 0.614. The second kappa shape index (κ2) is 20.1. The summed E-state index contributed by atoms with van der Waals surface area (Å²) in [5, 5.41) is 0. The van der Waals surface area contributed by atoms with Gasteiger partial charge in [0.25, 0.3) is 0 Å². The zero-order chi connectivity index (χ0) is 11.2. The Kier molecular flexibility index (Phi) is 28.1. The van der Waals surface area contributed by atoms with Crippen LogP contribution in [0.1, 0.15) is 25.7 Å². The van der Waals surface area contributed by atoms with Crippen LogP contribution in [-0.2, 0) is 37.5 Å². The molecule has 0 rings (SSSR count). The molecule has 5 nitrogen and oxygen atoms in total. The van der Waals surface area contributed by atoms with Gasteiger partial charge in [0.1, 0.15) is 0 Å². The average Bonchev–Trinajstić information content (AvgIpc) is 2.25. The molecule has 0 unspecified atom stereocenters. The van der Waals surface area contributed by atoms with Crippen molar-refractivity contribution in [1.82, 2.24) is 11.3 Å². The van der Waals surface area contributed by atoms with E-state index in [0.717, 1.165) is 19.3 Å². The van der Waals surface area contributed by atoms with Crippen LogP contribution in [0.2, 0.25) is 0 Å². The summed E-state index contributed by atoms with van der Waals surface area (Å²) in [6.45, 7) is 4.83. The van der Waals surface area contributed by atoms with E-state index in [4.69, 9.17) is 17.3 Å². The molecule has 0 aromatic heterocycles. The standard InChI is InChI=1S/C6H13N3O.C3H8N.Y/c7-4-2-1-3-6(5-10)9-8;1-2-3-4;/h6,8-9H,1-4,7H2;1-4H2;/q2*-1;/t6-;;/m0../s1. The van der Waals surface area contributed by atoms with E-state index in [9.17, 15) is 4.79 Å². The Morgan fingerprint density at radius 1 is 1.33 bits per heavy atom. The predicted octanol–water partition coefficient (Wildman–Crippen LogP) is -0.452. The van der Waals surface area contributed by atoms with Gasteiger partial charge in [0.05, 0.1) is 0 Å². The van der Waals surface area contributed by atoms with Gasteiger partial charge in [-0.25, -0.2) is 6.29 Å². The van der Waals surface area contributed by atoms with E-state index >= 15 is 0 Å². The second-order valence-corrected chi connectivity index (χ2v) is 2.74. The zero-order valence-electron chi connectivity index (χ0n) is 9.17. The van der Waals surface area contributed by atoms with Crippen LogP contribution in [0.5, 0.6) is 0 Å². The number of hydrogen-bond acceptors (Lipinski definition) is 4. The van der Waals surface area contributed by atoms with Gasteiger partial charge < -0.3 is 23.2 Å². The summed E-state index contributed by atoms with van der Waals surface area (Å²) in [5.41, 5.74) is 12.3. The summed E-state index contributed by atoms with van der Waals surface area (Å²) < 4.78 is 0. The summed E-state index contributed by atoms with van der Waals surface area (Å²) in [6.07, 6.45) is 5.01. The van der Waals surface area contributed by atoms with Crippen molar-refractivity contribution >= 4 is 6.29 Å². The molecule has 0 amide bonds. The fraction of sp³-hybridized carbons (Fsp3) is 0.778. The minimum atomic E-state index is -0.438. The quantitative estimate of drug-likeness (QED) is 0.335. The molecule has 0 aromatic carbocycles. The normalized spacial score (nSPS) is 10.7. The maximum atomic E-state index is 9.99. The van der Waals surface area contributed by atoms with Crippen LogP contribution in [0.3, 0.4) is 0 Å². The molecule has 6 N–H and O–H groups in total. The Morgan fingerprint density at radius 3 is 2.13 bits per heavy atom. The van der Waals surface area contributed by atoms with E-state index in [2.05, 4.69) is 12.3 Å². The van der Waals surface area contributed by atoms with E-state index in [-0.39, 0.29) is 32.7 Å². The molecule has 0 spiro atoms. The third-order valence-electron chi connectivity index (χ3n) is 1.47. The predicted molar refractivity (Wildman–Crippen MR) is 57.6 cm³/mol. The molecule has 0 aromatic rings. The van der Waals surface area contributed by atoms with Crippen molar-refractivity contribution in [3.63, 3.8) is 0 Å². The van der Waals surface area contributed by atoms with Crippen molar-refractivity contribution in [2.24, 2.45) is 11.5 Å². The van der Waals surface area contributed by atoms with Gasteiger partial charge in [0.2, 0.25) is 0 Å². The van der Waals surface area contributed by atoms with E-state index in [0.29, 0.717) is 19.5 Å². The van der Waals surface area contributed by atoms with Gasteiger partial charge in [0, 0.05) is 32.7 Å². The molecule has 0 saturated heterocycles. The largest absolute Gasteiger partial charge is 0.540 e. The van der Waals surface area contributed by atoms with Gasteiger partial charge in [0.15, 0.2) is 0 Å². The first kappa shape index (κ1) is 21.0. The van der Waals surface area contributed by atoms with Crippen LogP contribution in [-0.4, -0.2) is 25.4 Å². The molecular weight excluding hydrogens is 269 g/mol. The van der Waals surface area contributed by atoms with Gasteiger partial charge in [-0.1, -0.05) is 18.9 Å². The Balaban J connectivity index is -0.000000249. The van der Waals surface area contributed by atoms with Gasteiger partial charge in [-0.05, 0) is 19.5 Å². The summed E-state index contributed by atoms with van der Waals surface area (Å²) in [4.78, 5) is 9.99. The maximum Gasteiger partial charge on any atom is 0 e. The van der Waals surface area contributed by atoms with E-state index in [1.165, 1.54) is 0 Å². The Labute approximate surface area is 118 Å². The fourth-order valence-corrected chi connectivity index (χ4v) is 0.653. The number of nitrogens with two attached hydrogens (primary N) is 2. The summed E-state index contributed by atoms with van der Waals surface area (Å²) in [5.74, 6) is 6.65. The van der Waals surface area contributed by atoms with Crippen LogP contribution < -0.4 is 22.7 Å². The minimum Gasteiger partial charge on any atom is -0.540 e. The van der Waals surface area contributed by atoms with E-state index in [1.54, 1.807) is 6.29 Å². The first-order chi connectivity index (χ1) is 6.76. The molecule has 0 heterocycles. The molecule has 88 valence electrons. The topological polar surface area (TPSA) is 105 Å². The smallest absolute Gasteiger partial charge is 0 e. The van der Waals surface area contributed by atoms with Crippen molar-refractivity contribution < 1.29 is 37.5 Å². The van der Waals surface area contributed by atoms with Crippen molar-refractivity contribution in [2.45, 2.75) is 31.7 Å². The molecule has 0 aliphatic carbocycles. The molecular formula is C9H21N4OY-2. The van der Waals surface area contributed by atoms with E-state index < -0.39 is 6.04 Å². The van der Waals surface area contributed by atoms with Crippen molar-refractivity contribution in [3.05, 3.63) is 6.92 Å². The minimum absolute atomic E-state index is 0. The molecule has 1 atom stereocenters. The zero-order valence-corrected chi connectivity index (χ0v) is 12.0. The van der Waals surface area contributed by atoms with Gasteiger partial charge >= 0.3 is 0 Å². The second-order valence-electron chi connectivity index (χ2n) is 2.74. The maximum absolute atomic E-state index is 9.99. The monoisotopic (exact) mass is 290 g/mol. The summed E-state index contributed by atoms with van der Waals surface area (Å²) in [7, 11) is 0. The molecule has 0 bridgehead atoms. The van der Waals surface area contributed by atoms with Crippen LogP contribution in [0.4, 0.5) is 0 Å².